The topological polar surface area (TPSA) is 40.5 Å². The van der Waals surface area contributed by atoms with Crippen LogP contribution in [0.15, 0.2) is 78.9 Å². The van der Waals surface area contributed by atoms with Crippen LogP contribution in [-0.4, -0.2) is 10.2 Å². The second-order valence-corrected chi connectivity index (χ2v) is 8.52. The van der Waals surface area contributed by atoms with Crippen molar-refractivity contribution < 1.29 is 10.2 Å². The van der Waals surface area contributed by atoms with Crippen molar-refractivity contribution in [1.82, 2.24) is 0 Å². The zero-order valence-electron chi connectivity index (χ0n) is 15.5. The van der Waals surface area contributed by atoms with E-state index in [-0.39, 0.29) is 26.6 Å². The monoisotopic (exact) mass is 452 g/mol. The van der Waals surface area contributed by atoms with Gasteiger partial charge in [0.05, 0.1) is 20.5 Å². The molecule has 0 aliphatic heterocycles. The molecule has 0 saturated carbocycles. The molecule has 0 amide bonds. The molecule has 0 saturated heterocycles. The second kappa shape index (κ2) is 6.95. The molecule has 0 radical (unpaired) electrons. The van der Waals surface area contributed by atoms with E-state index in [1.807, 2.05) is 30.3 Å². The van der Waals surface area contributed by atoms with Gasteiger partial charge in [0.25, 0.3) is 0 Å². The van der Waals surface area contributed by atoms with E-state index in [0.717, 1.165) is 33.4 Å². The molecule has 4 aromatic carbocycles. The Morgan fingerprint density at radius 3 is 1.60 bits per heavy atom. The van der Waals surface area contributed by atoms with Crippen molar-refractivity contribution in [3.63, 3.8) is 0 Å². The van der Waals surface area contributed by atoms with Crippen molar-refractivity contribution in [3.8, 4) is 22.6 Å². The van der Waals surface area contributed by atoms with E-state index in [2.05, 4.69) is 24.3 Å². The lowest BCUT2D eigenvalue weighted by atomic mass is 9.67. The second-order valence-electron chi connectivity index (χ2n) is 7.30. The van der Waals surface area contributed by atoms with Gasteiger partial charge in [-0.25, -0.2) is 0 Å². The molecule has 0 aromatic heterocycles. The summed E-state index contributed by atoms with van der Waals surface area (Å²) in [5, 5.41) is 20.8. The van der Waals surface area contributed by atoms with Gasteiger partial charge in [0.1, 0.15) is 5.75 Å². The maximum absolute atomic E-state index is 10.2. The lowest BCUT2D eigenvalue weighted by Crippen LogP contribution is -2.28. The molecule has 4 aromatic rings. The van der Waals surface area contributed by atoms with E-state index >= 15 is 0 Å². The summed E-state index contributed by atoms with van der Waals surface area (Å²) >= 11 is 19.1. The van der Waals surface area contributed by atoms with E-state index < -0.39 is 5.41 Å². The summed E-state index contributed by atoms with van der Waals surface area (Å²) in [5.74, 6) is -0.141. The first-order valence-electron chi connectivity index (χ1n) is 9.31. The fourth-order valence-corrected chi connectivity index (χ4v) is 5.21. The molecule has 0 atom stereocenters. The molecular formula is C25H15Cl3O2. The van der Waals surface area contributed by atoms with E-state index in [0.29, 0.717) is 0 Å². The van der Waals surface area contributed by atoms with Crippen molar-refractivity contribution >= 4 is 34.8 Å². The number of hydrogen-bond acceptors (Lipinski definition) is 2. The van der Waals surface area contributed by atoms with Crippen molar-refractivity contribution in [3.05, 3.63) is 116 Å². The Hall–Kier alpha value is -2.65. The highest BCUT2D eigenvalue weighted by Crippen LogP contribution is 2.57. The number of halogens is 3. The minimum absolute atomic E-state index is 0.0110. The predicted molar refractivity (Wildman–Crippen MR) is 122 cm³/mol. The normalized spacial score (nSPS) is 13.7. The molecule has 30 heavy (non-hydrogen) atoms. The third-order valence-corrected chi connectivity index (χ3v) is 6.66. The van der Waals surface area contributed by atoms with Gasteiger partial charge < -0.3 is 10.2 Å². The molecule has 0 spiro atoms. The quantitative estimate of drug-likeness (QED) is 0.292. The lowest BCUT2D eigenvalue weighted by Gasteiger charge is -2.34. The van der Waals surface area contributed by atoms with Crippen LogP contribution in [0.5, 0.6) is 11.5 Å². The van der Waals surface area contributed by atoms with Gasteiger partial charge in [0.2, 0.25) is 0 Å². The van der Waals surface area contributed by atoms with Crippen molar-refractivity contribution in [1.29, 1.82) is 0 Å². The Balaban J connectivity index is 1.98. The van der Waals surface area contributed by atoms with E-state index in [4.69, 9.17) is 34.8 Å². The SMILES string of the molecule is Oc1ccc(C2(c3cc(Cl)c(O)c(Cl)c3)c3ccccc3-c3ccccc32)cc1Cl. The Labute approximate surface area is 188 Å². The molecule has 5 rings (SSSR count). The third kappa shape index (κ3) is 2.58. The van der Waals surface area contributed by atoms with Crippen LogP contribution in [-0.2, 0) is 5.41 Å². The zero-order valence-corrected chi connectivity index (χ0v) is 17.8. The number of fused-ring (bicyclic) bond motifs is 3. The Kier molecular flexibility index (Phi) is 4.48. The summed E-state index contributed by atoms with van der Waals surface area (Å²) in [6.07, 6.45) is 0. The summed E-state index contributed by atoms with van der Waals surface area (Å²) in [6, 6.07) is 25.0. The molecule has 0 bridgehead atoms. The average molecular weight is 454 g/mol. The van der Waals surface area contributed by atoms with E-state index in [9.17, 15) is 10.2 Å². The van der Waals surface area contributed by atoms with Gasteiger partial charge in [-0.1, -0.05) is 89.4 Å². The molecule has 148 valence electrons. The first-order chi connectivity index (χ1) is 14.4. The standard InChI is InChI=1S/C25H15Cl3O2/c26-20-11-14(9-10-23(20)29)25(15-12-21(27)24(30)22(28)13-15)18-7-3-1-5-16(18)17-6-2-4-8-19(17)25/h1-13,29-30H. The number of phenolic OH excluding ortho intramolecular Hbond substituents is 2. The highest BCUT2D eigenvalue weighted by molar-refractivity contribution is 6.37. The Morgan fingerprint density at radius 2 is 1.07 bits per heavy atom. The number of hydrogen-bond donors (Lipinski definition) is 2. The minimum atomic E-state index is -0.772. The summed E-state index contributed by atoms with van der Waals surface area (Å²) in [7, 11) is 0. The number of rotatable bonds is 2. The van der Waals surface area contributed by atoms with Crippen LogP contribution in [0.3, 0.4) is 0 Å². The average Bonchev–Trinajstić information content (AvgIpc) is 3.05. The molecule has 0 unspecified atom stereocenters. The predicted octanol–water partition coefficient (Wildman–Crippen LogP) is 7.42. The molecule has 2 nitrogen and oxygen atoms in total. The van der Waals surface area contributed by atoms with Crippen LogP contribution in [0, 0.1) is 0 Å². The van der Waals surface area contributed by atoms with Crippen LogP contribution in [0.4, 0.5) is 0 Å². The molecule has 0 heterocycles. The molecule has 0 fully saturated rings. The highest BCUT2D eigenvalue weighted by Gasteiger charge is 2.46. The summed E-state index contributed by atoms with van der Waals surface area (Å²) in [6.45, 7) is 0. The van der Waals surface area contributed by atoms with E-state index in [1.165, 1.54) is 0 Å². The summed E-state index contributed by atoms with van der Waals surface area (Å²) in [5.41, 5.74) is 5.17. The van der Waals surface area contributed by atoms with Gasteiger partial charge >= 0.3 is 0 Å². The molecular weight excluding hydrogens is 439 g/mol. The lowest BCUT2D eigenvalue weighted by molar-refractivity contribution is 0.475. The molecule has 5 heteroatoms. The molecule has 1 aliphatic rings. The minimum Gasteiger partial charge on any atom is -0.506 e. The Bertz CT molecular complexity index is 1250. The number of phenols is 2. The fraction of sp³-hybridized carbons (Fsp3) is 0.0400. The largest absolute Gasteiger partial charge is 0.506 e. The number of aromatic hydroxyl groups is 2. The van der Waals surface area contributed by atoms with E-state index in [1.54, 1.807) is 24.3 Å². The first kappa shape index (κ1) is 19.3. The first-order valence-corrected chi connectivity index (χ1v) is 10.4. The van der Waals surface area contributed by atoms with Crippen LogP contribution < -0.4 is 0 Å². The van der Waals surface area contributed by atoms with Gasteiger partial charge in [-0.15, -0.1) is 0 Å². The maximum Gasteiger partial charge on any atom is 0.152 e. The van der Waals surface area contributed by atoms with Crippen molar-refractivity contribution in [2.75, 3.05) is 0 Å². The Morgan fingerprint density at radius 1 is 0.567 bits per heavy atom. The van der Waals surface area contributed by atoms with Gasteiger partial charge in [0.15, 0.2) is 5.75 Å². The van der Waals surface area contributed by atoms with Crippen LogP contribution in [0.2, 0.25) is 15.1 Å². The highest BCUT2D eigenvalue weighted by atomic mass is 35.5. The molecule has 1 aliphatic carbocycles. The summed E-state index contributed by atoms with van der Waals surface area (Å²) in [4.78, 5) is 0. The van der Waals surface area contributed by atoms with Crippen LogP contribution in [0.25, 0.3) is 11.1 Å². The van der Waals surface area contributed by atoms with Crippen LogP contribution >= 0.6 is 34.8 Å². The third-order valence-electron chi connectivity index (χ3n) is 5.78. The van der Waals surface area contributed by atoms with Gasteiger partial charge in [0, 0.05) is 0 Å². The zero-order chi connectivity index (χ0) is 21.0. The maximum atomic E-state index is 10.2. The summed E-state index contributed by atoms with van der Waals surface area (Å²) < 4.78 is 0. The number of benzene rings is 4. The fourth-order valence-electron chi connectivity index (χ4n) is 4.55. The smallest absolute Gasteiger partial charge is 0.152 e. The van der Waals surface area contributed by atoms with Crippen molar-refractivity contribution in [2.24, 2.45) is 0 Å². The van der Waals surface area contributed by atoms with Gasteiger partial charge in [-0.3, -0.25) is 0 Å². The molecule has 2 N–H and O–H groups in total. The van der Waals surface area contributed by atoms with Gasteiger partial charge in [-0.05, 0) is 57.6 Å². The van der Waals surface area contributed by atoms with Crippen LogP contribution in [0.1, 0.15) is 22.3 Å². The van der Waals surface area contributed by atoms with Gasteiger partial charge in [-0.2, -0.15) is 0 Å². The van der Waals surface area contributed by atoms with Crippen molar-refractivity contribution in [2.45, 2.75) is 5.41 Å².